The van der Waals surface area contributed by atoms with Crippen LogP contribution in [0.5, 0.6) is 0 Å². The molecule has 2 bridgehead atoms. The lowest BCUT2D eigenvalue weighted by Crippen LogP contribution is -2.55. The van der Waals surface area contributed by atoms with Crippen molar-refractivity contribution in [2.75, 3.05) is 0 Å². The van der Waals surface area contributed by atoms with Crippen molar-refractivity contribution in [2.45, 2.75) is 57.7 Å². The van der Waals surface area contributed by atoms with Gasteiger partial charge in [-0.15, -0.1) is 0 Å². The predicted molar refractivity (Wildman–Crippen MR) is 115 cm³/mol. The largest absolute Gasteiger partial charge is 0.445 e. The molecular weight excluding hydrogens is 392 g/mol. The van der Waals surface area contributed by atoms with Gasteiger partial charge in [0.25, 0.3) is 0 Å². The number of amides is 1. The Labute approximate surface area is 181 Å². The summed E-state index contributed by atoms with van der Waals surface area (Å²) in [6.07, 6.45) is 7.41. The molecule has 31 heavy (non-hydrogen) atoms. The van der Waals surface area contributed by atoms with Crippen LogP contribution in [0.1, 0.15) is 53.7 Å². The van der Waals surface area contributed by atoms with Gasteiger partial charge in [-0.1, -0.05) is 30.3 Å². The normalized spacial score (nSPS) is 23.0. The second kappa shape index (κ2) is 8.13. The molecule has 7 heteroatoms. The first kappa shape index (κ1) is 19.7. The van der Waals surface area contributed by atoms with Crippen molar-refractivity contribution in [1.82, 2.24) is 19.5 Å². The highest BCUT2D eigenvalue weighted by molar-refractivity contribution is 5.97. The number of aromatic nitrogens is 3. The molecule has 2 atom stereocenters. The zero-order chi connectivity index (χ0) is 21.4. The lowest BCUT2D eigenvalue weighted by molar-refractivity contribution is 0.00471. The van der Waals surface area contributed by atoms with E-state index in [0.717, 1.165) is 36.2 Å². The molecule has 2 saturated heterocycles. The van der Waals surface area contributed by atoms with Crippen LogP contribution in [0.4, 0.5) is 4.79 Å². The maximum absolute atomic E-state index is 13.3. The Morgan fingerprint density at radius 1 is 1.13 bits per heavy atom. The van der Waals surface area contributed by atoms with Gasteiger partial charge >= 0.3 is 6.09 Å². The quantitative estimate of drug-likeness (QED) is 0.594. The second-order valence-corrected chi connectivity index (χ2v) is 8.65. The minimum Gasteiger partial charge on any atom is -0.445 e. The molecule has 2 unspecified atom stereocenters. The summed E-state index contributed by atoms with van der Waals surface area (Å²) >= 11 is 0. The van der Waals surface area contributed by atoms with Crippen LogP contribution >= 0.6 is 0 Å². The van der Waals surface area contributed by atoms with E-state index in [9.17, 15) is 9.59 Å². The molecule has 2 fully saturated rings. The van der Waals surface area contributed by atoms with Gasteiger partial charge in [0, 0.05) is 36.5 Å². The van der Waals surface area contributed by atoms with E-state index < -0.39 is 0 Å². The summed E-state index contributed by atoms with van der Waals surface area (Å²) in [4.78, 5) is 32.4. The third kappa shape index (κ3) is 3.92. The van der Waals surface area contributed by atoms with E-state index in [1.807, 2.05) is 48.2 Å². The zero-order valence-corrected chi connectivity index (χ0v) is 17.6. The fourth-order valence-electron chi connectivity index (χ4n) is 5.05. The topological polar surface area (TPSA) is 76.8 Å². The van der Waals surface area contributed by atoms with Gasteiger partial charge in [-0.25, -0.2) is 14.3 Å². The molecule has 1 aromatic carbocycles. The third-order valence-electron chi connectivity index (χ3n) is 6.48. The highest BCUT2D eigenvalue weighted by Crippen LogP contribution is 2.38. The van der Waals surface area contributed by atoms with E-state index in [1.165, 1.54) is 0 Å². The maximum atomic E-state index is 13.3. The number of fused-ring (bicyclic) bond motifs is 3. The van der Waals surface area contributed by atoms with Gasteiger partial charge in [-0.05, 0) is 44.6 Å². The molecule has 160 valence electrons. The molecule has 2 aromatic heterocycles. The molecule has 2 aliphatic heterocycles. The first-order chi connectivity index (χ1) is 15.1. The van der Waals surface area contributed by atoms with E-state index in [-0.39, 0.29) is 36.5 Å². The number of Topliss-reactive ketones (excluding diaryl/α,β-unsaturated/α-hetero) is 1. The SMILES string of the molecule is Cc1cc2ncc(C(=O)C3CC4CCCC(C3)N4C(=O)OCc3ccccc3)cn2n1. The van der Waals surface area contributed by atoms with Crippen molar-refractivity contribution in [3.05, 3.63) is 65.6 Å². The Bertz CT molecular complexity index is 1100. The number of benzene rings is 1. The fourth-order valence-corrected chi connectivity index (χ4v) is 5.05. The lowest BCUT2D eigenvalue weighted by atomic mass is 9.76. The summed E-state index contributed by atoms with van der Waals surface area (Å²) in [6.45, 7) is 2.18. The van der Waals surface area contributed by atoms with Crippen LogP contribution in [-0.2, 0) is 11.3 Å². The molecule has 3 aromatic rings. The molecule has 0 saturated carbocycles. The number of nitrogens with zero attached hydrogens (tertiary/aromatic N) is 4. The molecule has 5 rings (SSSR count). The van der Waals surface area contributed by atoms with Gasteiger partial charge in [0.05, 0.1) is 11.3 Å². The predicted octanol–water partition coefficient (Wildman–Crippen LogP) is 4.19. The number of piperidine rings is 2. The van der Waals surface area contributed by atoms with Gasteiger partial charge < -0.3 is 9.64 Å². The maximum Gasteiger partial charge on any atom is 0.410 e. The van der Waals surface area contributed by atoms with Crippen molar-refractivity contribution >= 4 is 17.5 Å². The van der Waals surface area contributed by atoms with Gasteiger partial charge in [0.1, 0.15) is 6.61 Å². The number of hydrogen-bond donors (Lipinski definition) is 0. The third-order valence-corrected chi connectivity index (χ3v) is 6.48. The summed E-state index contributed by atoms with van der Waals surface area (Å²) in [5, 5.41) is 4.37. The van der Waals surface area contributed by atoms with Crippen LogP contribution < -0.4 is 0 Å². The monoisotopic (exact) mass is 418 g/mol. The minimum atomic E-state index is -0.264. The summed E-state index contributed by atoms with van der Waals surface area (Å²) in [7, 11) is 0. The summed E-state index contributed by atoms with van der Waals surface area (Å²) in [5.74, 6) is -0.0128. The first-order valence-corrected chi connectivity index (χ1v) is 10.9. The average molecular weight is 418 g/mol. The van der Waals surface area contributed by atoms with Crippen LogP contribution in [0.2, 0.25) is 0 Å². The molecule has 0 aliphatic carbocycles. The number of ether oxygens (including phenoxy) is 1. The number of carbonyl (C=O) groups excluding carboxylic acids is 2. The molecule has 4 heterocycles. The van der Waals surface area contributed by atoms with Crippen molar-refractivity contribution in [3.63, 3.8) is 0 Å². The number of hydrogen-bond acceptors (Lipinski definition) is 5. The Morgan fingerprint density at radius 2 is 1.87 bits per heavy atom. The standard InChI is InChI=1S/C24H26N4O3/c1-16-10-22-25-13-19(14-27(22)26-16)23(29)18-11-20-8-5-9-21(12-18)28(20)24(30)31-15-17-6-3-2-4-7-17/h2-4,6-7,10,13-14,18,20-21H,5,8-9,11-12,15H2,1H3. The minimum absolute atomic E-state index is 0.0494. The Morgan fingerprint density at radius 3 is 2.61 bits per heavy atom. The molecule has 0 radical (unpaired) electrons. The lowest BCUT2D eigenvalue weighted by Gasteiger charge is -2.47. The molecule has 1 amide bonds. The second-order valence-electron chi connectivity index (χ2n) is 8.65. The van der Waals surface area contributed by atoms with Crippen molar-refractivity contribution < 1.29 is 14.3 Å². The van der Waals surface area contributed by atoms with E-state index in [2.05, 4.69) is 10.1 Å². The number of rotatable bonds is 4. The molecule has 0 spiro atoms. The number of carbonyl (C=O) groups is 2. The zero-order valence-electron chi connectivity index (χ0n) is 17.6. The van der Waals surface area contributed by atoms with E-state index in [0.29, 0.717) is 18.4 Å². The summed E-state index contributed by atoms with van der Waals surface area (Å²) in [6, 6.07) is 11.7. The van der Waals surface area contributed by atoms with Gasteiger partial charge in [-0.3, -0.25) is 4.79 Å². The van der Waals surface area contributed by atoms with E-state index in [4.69, 9.17) is 4.74 Å². The average Bonchev–Trinajstić information content (AvgIpc) is 3.16. The van der Waals surface area contributed by atoms with E-state index >= 15 is 0 Å². The van der Waals surface area contributed by atoms with Crippen LogP contribution in [0.25, 0.3) is 5.65 Å². The van der Waals surface area contributed by atoms with Crippen LogP contribution in [0.3, 0.4) is 0 Å². The van der Waals surface area contributed by atoms with Gasteiger partial charge in [0.15, 0.2) is 11.4 Å². The number of aryl methyl sites for hydroxylation is 1. The molecule has 7 nitrogen and oxygen atoms in total. The summed E-state index contributed by atoms with van der Waals surface area (Å²) in [5.41, 5.74) is 3.16. The van der Waals surface area contributed by atoms with Crippen molar-refractivity contribution in [3.8, 4) is 0 Å². The van der Waals surface area contributed by atoms with Crippen molar-refractivity contribution in [2.24, 2.45) is 5.92 Å². The fraction of sp³-hybridized carbons (Fsp3) is 0.417. The number of ketones is 1. The van der Waals surface area contributed by atoms with Crippen molar-refractivity contribution in [1.29, 1.82) is 0 Å². The van der Waals surface area contributed by atoms with Crippen LogP contribution in [0, 0.1) is 12.8 Å². The smallest absolute Gasteiger partial charge is 0.410 e. The highest BCUT2D eigenvalue weighted by atomic mass is 16.6. The Hall–Kier alpha value is -3.22. The van der Waals surface area contributed by atoms with Crippen LogP contribution in [-0.4, -0.2) is 43.5 Å². The molecule has 0 N–H and O–H groups in total. The Kier molecular flexibility index (Phi) is 5.18. The van der Waals surface area contributed by atoms with E-state index in [1.54, 1.807) is 16.9 Å². The Balaban J connectivity index is 1.28. The molecular formula is C24H26N4O3. The summed E-state index contributed by atoms with van der Waals surface area (Å²) < 4.78 is 7.28. The van der Waals surface area contributed by atoms with Crippen LogP contribution in [0.15, 0.2) is 48.8 Å². The van der Waals surface area contributed by atoms with Gasteiger partial charge in [-0.2, -0.15) is 5.10 Å². The molecule has 2 aliphatic rings. The first-order valence-electron chi connectivity index (χ1n) is 10.9. The van der Waals surface area contributed by atoms with Gasteiger partial charge in [0.2, 0.25) is 0 Å². The highest BCUT2D eigenvalue weighted by Gasteiger charge is 2.43.